The van der Waals surface area contributed by atoms with Crippen LogP contribution in [0.5, 0.6) is 0 Å². The maximum Gasteiger partial charge on any atom is 0.418 e. The summed E-state index contributed by atoms with van der Waals surface area (Å²) in [4.78, 5) is 33.4. The maximum atomic E-state index is 13.6. The van der Waals surface area contributed by atoms with Crippen LogP contribution < -0.4 is 9.96 Å². The summed E-state index contributed by atoms with van der Waals surface area (Å²) in [6.07, 6.45) is -5.97. The van der Waals surface area contributed by atoms with E-state index in [0.29, 0.717) is 16.2 Å². The minimum atomic E-state index is -4.73. The van der Waals surface area contributed by atoms with Crippen molar-refractivity contribution in [2.24, 2.45) is 5.92 Å². The number of nitrogens with zero attached hydrogens (tertiary/aromatic N) is 2. The number of carbonyl (C=O) groups is 2. The number of anilines is 2. The summed E-state index contributed by atoms with van der Waals surface area (Å²) in [5.74, 6) is -2.57. The molecule has 0 bridgehead atoms. The summed E-state index contributed by atoms with van der Waals surface area (Å²) < 4.78 is 41.6. The molecule has 0 spiro atoms. The lowest BCUT2D eigenvalue weighted by molar-refractivity contribution is -0.137. The van der Waals surface area contributed by atoms with Crippen molar-refractivity contribution in [2.75, 3.05) is 9.96 Å². The number of benzene rings is 3. The van der Waals surface area contributed by atoms with E-state index in [0.717, 1.165) is 16.6 Å². The Morgan fingerprint density at radius 1 is 0.848 bits per heavy atom. The normalized spacial score (nSPS) is 22.7. The van der Waals surface area contributed by atoms with Gasteiger partial charge in [0, 0.05) is 4.47 Å². The van der Waals surface area contributed by atoms with Crippen LogP contribution in [0.4, 0.5) is 24.5 Å². The second kappa shape index (κ2) is 8.00. The number of halogens is 4. The van der Waals surface area contributed by atoms with Gasteiger partial charge < -0.3 is 0 Å². The lowest BCUT2D eigenvalue weighted by Crippen LogP contribution is -2.38. The smallest absolute Gasteiger partial charge is 0.273 e. The zero-order valence-corrected chi connectivity index (χ0v) is 18.5. The third-order valence-corrected chi connectivity index (χ3v) is 6.26. The van der Waals surface area contributed by atoms with E-state index in [1.54, 1.807) is 42.5 Å². The van der Waals surface area contributed by atoms with Gasteiger partial charge in [-0.1, -0.05) is 58.4 Å². The summed E-state index contributed by atoms with van der Waals surface area (Å²) >= 11 is 3.42. The lowest BCUT2D eigenvalue weighted by atomic mass is 9.90. The van der Waals surface area contributed by atoms with Crippen molar-refractivity contribution < 1.29 is 27.6 Å². The number of carbonyl (C=O) groups excluding carboxylic acids is 2. The van der Waals surface area contributed by atoms with Crippen molar-refractivity contribution in [1.82, 2.24) is 0 Å². The molecule has 0 saturated carbocycles. The molecule has 5 rings (SSSR count). The first kappa shape index (κ1) is 21.7. The van der Waals surface area contributed by atoms with Gasteiger partial charge in [-0.15, -0.1) is 0 Å². The summed E-state index contributed by atoms with van der Waals surface area (Å²) in [7, 11) is 0. The molecular formula is C24H16BrF3N2O3. The molecule has 3 aromatic rings. The molecule has 2 heterocycles. The van der Waals surface area contributed by atoms with E-state index < -0.39 is 47.3 Å². The van der Waals surface area contributed by atoms with Crippen LogP contribution in [0.1, 0.15) is 17.2 Å². The van der Waals surface area contributed by atoms with Gasteiger partial charge in [0.15, 0.2) is 6.10 Å². The Morgan fingerprint density at radius 2 is 1.55 bits per heavy atom. The van der Waals surface area contributed by atoms with Crippen molar-refractivity contribution in [1.29, 1.82) is 0 Å². The molecule has 0 aromatic heterocycles. The Hall–Kier alpha value is -3.17. The van der Waals surface area contributed by atoms with Gasteiger partial charge in [0.2, 0.25) is 5.91 Å². The number of amides is 2. The predicted molar refractivity (Wildman–Crippen MR) is 118 cm³/mol. The van der Waals surface area contributed by atoms with Crippen LogP contribution in [0.15, 0.2) is 83.3 Å². The van der Waals surface area contributed by atoms with Gasteiger partial charge in [-0.3, -0.25) is 14.4 Å². The molecule has 2 amide bonds. The molecule has 33 heavy (non-hydrogen) atoms. The Balaban J connectivity index is 1.61. The first-order chi connectivity index (χ1) is 15.8. The van der Waals surface area contributed by atoms with Gasteiger partial charge in [0.1, 0.15) is 5.92 Å². The van der Waals surface area contributed by atoms with Crippen LogP contribution in [-0.4, -0.2) is 17.9 Å². The second-order valence-electron chi connectivity index (χ2n) is 7.74. The molecule has 2 saturated heterocycles. The fourth-order valence-corrected chi connectivity index (χ4v) is 4.81. The van der Waals surface area contributed by atoms with Gasteiger partial charge in [-0.25, -0.2) is 9.96 Å². The summed E-state index contributed by atoms with van der Waals surface area (Å²) in [6, 6.07) is 20.0. The van der Waals surface area contributed by atoms with Crippen LogP contribution >= 0.6 is 15.9 Å². The quantitative estimate of drug-likeness (QED) is 0.430. The Labute approximate surface area is 195 Å². The van der Waals surface area contributed by atoms with Gasteiger partial charge in [0.25, 0.3) is 5.91 Å². The van der Waals surface area contributed by atoms with Gasteiger partial charge >= 0.3 is 6.18 Å². The number of fused-ring (bicyclic) bond motifs is 1. The van der Waals surface area contributed by atoms with Crippen LogP contribution in [0.3, 0.4) is 0 Å². The minimum absolute atomic E-state index is 0.489. The molecule has 3 unspecified atom stereocenters. The fraction of sp³-hybridized carbons (Fsp3) is 0.167. The van der Waals surface area contributed by atoms with Crippen LogP contribution in [0, 0.1) is 5.92 Å². The van der Waals surface area contributed by atoms with Gasteiger partial charge in [-0.05, 0) is 42.0 Å². The Bertz CT molecular complexity index is 1230. The van der Waals surface area contributed by atoms with Crippen LogP contribution in [0.25, 0.3) is 0 Å². The van der Waals surface area contributed by atoms with Crippen molar-refractivity contribution in [3.63, 3.8) is 0 Å². The average molecular weight is 517 g/mol. The van der Waals surface area contributed by atoms with Gasteiger partial charge in [0.05, 0.1) is 23.0 Å². The molecule has 3 aromatic carbocycles. The zero-order chi connectivity index (χ0) is 23.3. The second-order valence-corrected chi connectivity index (χ2v) is 8.66. The molecule has 168 valence electrons. The highest BCUT2D eigenvalue weighted by Gasteiger charge is 2.61. The summed E-state index contributed by atoms with van der Waals surface area (Å²) in [5, 5.41) is 1.50. The van der Waals surface area contributed by atoms with E-state index in [9.17, 15) is 22.8 Å². The average Bonchev–Trinajstić information content (AvgIpc) is 3.30. The van der Waals surface area contributed by atoms with E-state index in [2.05, 4.69) is 15.9 Å². The van der Waals surface area contributed by atoms with Crippen LogP contribution in [-0.2, 0) is 20.6 Å². The van der Waals surface area contributed by atoms with Crippen molar-refractivity contribution >= 4 is 39.1 Å². The monoisotopic (exact) mass is 516 g/mol. The number of hydrogen-bond donors (Lipinski definition) is 0. The largest absolute Gasteiger partial charge is 0.418 e. The molecule has 0 aliphatic carbocycles. The molecule has 2 aliphatic rings. The molecule has 9 heteroatoms. The predicted octanol–water partition coefficient (Wildman–Crippen LogP) is 5.52. The third-order valence-electron chi connectivity index (χ3n) is 5.77. The number of alkyl halides is 3. The number of imide groups is 1. The van der Waals surface area contributed by atoms with Crippen molar-refractivity contribution in [3.8, 4) is 0 Å². The lowest BCUT2D eigenvalue weighted by Gasteiger charge is -2.29. The van der Waals surface area contributed by atoms with E-state index in [-0.39, 0.29) is 0 Å². The topological polar surface area (TPSA) is 49.9 Å². The molecule has 3 atom stereocenters. The summed E-state index contributed by atoms with van der Waals surface area (Å²) in [6.45, 7) is 0. The molecule has 0 N–H and O–H groups in total. The minimum Gasteiger partial charge on any atom is -0.273 e. The highest BCUT2D eigenvalue weighted by Crippen LogP contribution is 2.49. The van der Waals surface area contributed by atoms with E-state index in [1.165, 1.54) is 17.2 Å². The van der Waals surface area contributed by atoms with Crippen molar-refractivity contribution in [3.05, 3.63) is 94.5 Å². The molecular weight excluding hydrogens is 501 g/mol. The number of hydrogen-bond acceptors (Lipinski definition) is 4. The highest BCUT2D eigenvalue weighted by atomic mass is 79.9. The highest BCUT2D eigenvalue weighted by molar-refractivity contribution is 9.10. The molecule has 5 nitrogen and oxygen atoms in total. The SMILES string of the molecule is O=C1C2ON(c3ccccc3)C(c3cccc(Br)c3)C2C(=O)N1c1ccccc1C(F)(F)F. The van der Waals surface area contributed by atoms with Crippen molar-refractivity contribution in [2.45, 2.75) is 18.3 Å². The first-order valence-electron chi connectivity index (χ1n) is 10.1. The number of hydroxylamine groups is 1. The standard InChI is InChI=1S/C24H16BrF3N2O3/c25-15-8-6-7-14(13-15)20-19-21(33-30(20)16-9-2-1-3-10-16)23(32)29(22(19)31)18-12-5-4-11-17(18)24(26,27)28/h1-13,19-21H. The molecule has 2 fully saturated rings. The third kappa shape index (κ3) is 3.61. The molecule has 2 aliphatic heterocycles. The van der Waals surface area contributed by atoms with Gasteiger partial charge in [-0.2, -0.15) is 13.2 Å². The Morgan fingerprint density at radius 3 is 2.24 bits per heavy atom. The fourth-order valence-electron chi connectivity index (χ4n) is 4.39. The Kier molecular flexibility index (Phi) is 5.25. The van der Waals surface area contributed by atoms with E-state index in [1.807, 2.05) is 12.1 Å². The molecule has 0 radical (unpaired) electrons. The van der Waals surface area contributed by atoms with Crippen LogP contribution in [0.2, 0.25) is 0 Å². The van der Waals surface area contributed by atoms with E-state index >= 15 is 0 Å². The first-order valence-corrected chi connectivity index (χ1v) is 10.9. The van der Waals surface area contributed by atoms with E-state index in [4.69, 9.17) is 4.84 Å². The number of rotatable bonds is 3. The maximum absolute atomic E-state index is 13.6. The summed E-state index contributed by atoms with van der Waals surface area (Å²) in [5.41, 5.74) is -0.226. The zero-order valence-electron chi connectivity index (χ0n) is 16.9. The number of para-hydroxylation sites is 2.